The number of aliphatic carboxylic acids is 5. The fourth-order valence-electron chi connectivity index (χ4n) is 0. The summed E-state index contributed by atoms with van der Waals surface area (Å²) in [5.41, 5.74) is 0. The van der Waals surface area contributed by atoms with Crippen molar-refractivity contribution in [2.75, 3.05) is 0 Å². The van der Waals surface area contributed by atoms with Crippen LogP contribution in [0.15, 0.2) is 0 Å². The van der Waals surface area contributed by atoms with E-state index in [0.29, 0.717) is 0 Å². The van der Waals surface area contributed by atoms with Crippen LogP contribution in [0.1, 0.15) is 34.6 Å². The quantitative estimate of drug-likeness (QED) is 0.236. The Balaban J connectivity index is -0.0000000625. The Morgan fingerprint density at radius 3 is 0.452 bits per heavy atom. The molecule has 0 amide bonds. The zero-order valence-corrected chi connectivity index (χ0v) is 18.5. The molecule has 0 aromatic carbocycles. The van der Waals surface area contributed by atoms with E-state index in [-0.39, 0.29) is 18.6 Å². The average Bonchev–Trinajstić information content (AvgIpc) is 2.56. The zero-order valence-electron chi connectivity index (χ0n) is 17.2. The monoisotopic (exact) mass is 496 g/mol. The summed E-state index contributed by atoms with van der Waals surface area (Å²) in [6.45, 7) is 5.67. The van der Waals surface area contributed by atoms with E-state index < -0.39 is 60.4 Å². The fourth-order valence-corrected chi connectivity index (χ4v) is 0. The number of carbonyl (C=O) groups excluding carboxylic acids is 5. The van der Waals surface area contributed by atoms with Crippen LogP contribution in [0.3, 0.4) is 0 Å². The minimum atomic E-state index is -1.44. The van der Waals surface area contributed by atoms with E-state index >= 15 is 0 Å². The maximum Gasteiger partial charge on any atom is 5.00 e. The first-order valence-electron chi connectivity index (χ1n) is 7.66. The van der Waals surface area contributed by atoms with Gasteiger partial charge in [0.1, 0.15) is 0 Å². The molecule has 5 atom stereocenters. The summed E-state index contributed by atoms with van der Waals surface area (Å²) in [5.74, 6) is -7.18. The van der Waals surface area contributed by atoms with Gasteiger partial charge in [0.2, 0.25) is 0 Å². The topological polar surface area (TPSA) is 302 Å². The molecule has 180 valence electrons. The molecule has 0 aromatic rings. The normalized spacial score (nSPS) is 13.2. The third-order valence-corrected chi connectivity index (χ3v) is 1.71. The molecule has 5 unspecified atom stereocenters. The Morgan fingerprint density at radius 2 is 0.452 bits per heavy atom. The van der Waals surface area contributed by atoms with E-state index in [1.807, 2.05) is 0 Å². The zero-order chi connectivity index (χ0) is 25.8. The van der Waals surface area contributed by atoms with E-state index in [0.717, 1.165) is 34.6 Å². The van der Waals surface area contributed by atoms with Gasteiger partial charge in [-0.3, -0.25) is 0 Å². The number of carbonyl (C=O) groups is 5. The van der Waals surface area contributed by atoms with Crippen molar-refractivity contribution < 1.29 is 93.6 Å². The predicted molar refractivity (Wildman–Crippen MR) is 83.4 cm³/mol. The second-order valence-electron chi connectivity index (χ2n) is 4.98. The molecule has 31 heavy (non-hydrogen) atoms. The van der Waals surface area contributed by atoms with Crippen molar-refractivity contribution in [1.82, 2.24) is 0 Å². The predicted octanol–water partition coefficient (Wildman–Crippen LogP) is -9.42. The number of carboxylic acids is 5. The molecule has 0 rings (SSSR count). The van der Waals surface area contributed by atoms with Crippen LogP contribution in [0.5, 0.6) is 0 Å². The van der Waals surface area contributed by atoms with Crippen molar-refractivity contribution in [1.29, 1.82) is 0 Å². The molecule has 0 fully saturated rings. The Bertz CT molecular complexity index is 396. The van der Waals surface area contributed by atoms with Crippen LogP contribution in [0.2, 0.25) is 0 Å². The van der Waals surface area contributed by atoms with Crippen molar-refractivity contribution >= 4 is 29.8 Å². The Morgan fingerprint density at radius 1 is 0.419 bits per heavy atom. The van der Waals surface area contributed by atoms with E-state index in [9.17, 15) is 49.5 Å². The summed E-state index contributed by atoms with van der Waals surface area (Å²) in [5, 5.41) is 86.5. The molecule has 0 aliphatic heterocycles. The number of carboxylic acid groups (broad SMARTS) is 5. The summed E-state index contributed by atoms with van der Waals surface area (Å²) < 4.78 is 0. The molecular formula is C15H25O15V. The van der Waals surface area contributed by atoms with Gasteiger partial charge in [0, 0.05) is 0 Å². The number of hydrogen-bond donors (Lipinski definition) is 5. The second kappa shape index (κ2) is 25.8. The van der Waals surface area contributed by atoms with E-state index in [1.54, 1.807) is 0 Å². The van der Waals surface area contributed by atoms with Gasteiger partial charge in [-0.05, 0) is 34.6 Å². The summed E-state index contributed by atoms with van der Waals surface area (Å²) in [4.78, 5) is 46.7. The molecule has 0 bridgehead atoms. The first-order valence-corrected chi connectivity index (χ1v) is 7.66. The summed E-state index contributed by atoms with van der Waals surface area (Å²) in [6, 6.07) is 0. The number of aliphatic hydroxyl groups is 5. The molecule has 5 N–H and O–H groups in total. The smallest absolute Gasteiger partial charge is 0.547 e. The van der Waals surface area contributed by atoms with Crippen molar-refractivity contribution in [3.05, 3.63) is 0 Å². The molecule has 0 radical (unpaired) electrons. The van der Waals surface area contributed by atoms with Gasteiger partial charge in [-0.25, -0.2) is 0 Å². The molecule has 0 aromatic heterocycles. The van der Waals surface area contributed by atoms with Crippen LogP contribution in [0.25, 0.3) is 0 Å². The maximum atomic E-state index is 9.34. The number of rotatable bonds is 5. The molecule has 0 spiro atoms. The molecule has 0 aliphatic carbocycles. The maximum absolute atomic E-state index is 9.34. The summed E-state index contributed by atoms with van der Waals surface area (Å²) >= 11 is 0. The van der Waals surface area contributed by atoms with Crippen molar-refractivity contribution in [2.24, 2.45) is 0 Å². The number of hydrogen-bond acceptors (Lipinski definition) is 15. The minimum Gasteiger partial charge on any atom is -0.547 e. The van der Waals surface area contributed by atoms with Crippen LogP contribution in [0.4, 0.5) is 0 Å². The van der Waals surface area contributed by atoms with Gasteiger partial charge in [-0.2, -0.15) is 0 Å². The first kappa shape index (κ1) is 42.8. The third-order valence-electron chi connectivity index (χ3n) is 1.71. The summed E-state index contributed by atoms with van der Waals surface area (Å²) in [6.07, 6.45) is -6.71. The molecule has 0 saturated carbocycles. The van der Waals surface area contributed by atoms with Crippen molar-refractivity contribution in [3.8, 4) is 0 Å². The average molecular weight is 496 g/mol. The van der Waals surface area contributed by atoms with Gasteiger partial charge < -0.3 is 75.0 Å². The fraction of sp³-hybridized carbons (Fsp3) is 0.667. The van der Waals surface area contributed by atoms with Crippen molar-refractivity contribution in [3.63, 3.8) is 0 Å². The van der Waals surface area contributed by atoms with Crippen molar-refractivity contribution in [2.45, 2.75) is 65.1 Å². The van der Waals surface area contributed by atoms with Gasteiger partial charge in [-0.15, -0.1) is 0 Å². The van der Waals surface area contributed by atoms with Gasteiger partial charge in [0.05, 0.1) is 60.4 Å². The van der Waals surface area contributed by atoms with Crippen LogP contribution in [-0.4, -0.2) is 85.9 Å². The Kier molecular flexibility index (Phi) is 35.5. The van der Waals surface area contributed by atoms with Crippen LogP contribution in [-0.2, 0) is 42.5 Å². The van der Waals surface area contributed by atoms with E-state index in [2.05, 4.69) is 0 Å². The third kappa shape index (κ3) is 58.4. The Hall–Kier alpha value is -2.27. The first-order chi connectivity index (χ1) is 13.2. The SMILES string of the molecule is CC(O)C(=O)[O-].CC(O)C(=O)[O-].CC(O)C(=O)[O-].CC(O)C(=O)[O-].CC(O)C(=O)[O-].[V+5]. The number of aliphatic hydroxyl groups excluding tert-OH is 5. The van der Waals surface area contributed by atoms with Crippen LogP contribution < -0.4 is 25.5 Å². The van der Waals surface area contributed by atoms with Gasteiger partial charge in [0.15, 0.2) is 0 Å². The standard InChI is InChI=1S/5C3H6O3.V/c5*1-2(4)3(5)6;/h5*2,4H,1H3,(H,5,6);/q;;;;;+5/p-5. The minimum absolute atomic E-state index is 0. The largest absolute Gasteiger partial charge is 5.00 e. The van der Waals surface area contributed by atoms with E-state index in [1.165, 1.54) is 0 Å². The van der Waals surface area contributed by atoms with Crippen LogP contribution >= 0.6 is 0 Å². The molecule has 0 aliphatic rings. The molecular weight excluding hydrogens is 471 g/mol. The molecule has 0 heterocycles. The van der Waals surface area contributed by atoms with Gasteiger partial charge >= 0.3 is 18.6 Å². The van der Waals surface area contributed by atoms with Gasteiger partial charge in [0.25, 0.3) is 0 Å². The molecule has 0 saturated heterocycles. The molecule has 15 nitrogen and oxygen atoms in total. The van der Waals surface area contributed by atoms with Gasteiger partial charge in [-0.1, -0.05) is 0 Å². The van der Waals surface area contributed by atoms with Crippen LogP contribution in [0, 0.1) is 0 Å². The summed E-state index contributed by atoms with van der Waals surface area (Å²) in [7, 11) is 0. The second-order valence-corrected chi connectivity index (χ2v) is 4.98. The molecule has 16 heteroatoms. The van der Waals surface area contributed by atoms with E-state index in [4.69, 9.17) is 25.5 Å². The Labute approximate surface area is 189 Å².